The summed E-state index contributed by atoms with van der Waals surface area (Å²) in [5.41, 5.74) is 2.19. The first-order valence-electron chi connectivity index (χ1n) is 8.35. The average molecular weight is 328 g/mol. The van der Waals surface area contributed by atoms with Crippen LogP contribution in [0, 0.1) is 0 Å². The van der Waals surface area contributed by atoms with E-state index in [9.17, 15) is 5.11 Å². The molecule has 0 bridgehead atoms. The molecule has 0 saturated carbocycles. The molecule has 2 aromatic carbocycles. The van der Waals surface area contributed by atoms with Gasteiger partial charge in [0.15, 0.2) is 0 Å². The molecule has 4 nitrogen and oxygen atoms in total. The monoisotopic (exact) mass is 328 g/mol. The van der Waals surface area contributed by atoms with E-state index in [1.54, 1.807) is 0 Å². The third-order valence-corrected chi connectivity index (χ3v) is 4.25. The highest BCUT2D eigenvalue weighted by molar-refractivity contribution is 5.14. The van der Waals surface area contributed by atoms with E-state index in [1.165, 1.54) is 0 Å². The first-order valence-corrected chi connectivity index (χ1v) is 8.35. The molecule has 1 N–H and O–H groups in total. The fraction of sp³-hybridized carbons (Fsp3) is 0.400. The van der Waals surface area contributed by atoms with Crippen LogP contribution in [0.4, 0.5) is 0 Å². The van der Waals surface area contributed by atoms with E-state index < -0.39 is 6.10 Å². The predicted molar refractivity (Wildman–Crippen MR) is 91.5 cm³/mol. The molecule has 1 aliphatic rings. The fourth-order valence-corrected chi connectivity index (χ4v) is 2.89. The fourth-order valence-electron chi connectivity index (χ4n) is 2.89. The van der Waals surface area contributed by atoms with Gasteiger partial charge in [0.1, 0.15) is 18.3 Å². The molecule has 4 atom stereocenters. The zero-order valence-corrected chi connectivity index (χ0v) is 13.9. The van der Waals surface area contributed by atoms with Crippen LogP contribution in [0.2, 0.25) is 0 Å². The molecule has 3 rings (SSSR count). The van der Waals surface area contributed by atoms with E-state index in [0.717, 1.165) is 11.1 Å². The van der Waals surface area contributed by atoms with Crippen molar-refractivity contribution in [1.29, 1.82) is 0 Å². The third-order valence-electron chi connectivity index (χ3n) is 4.25. The Labute approximate surface area is 143 Å². The van der Waals surface area contributed by atoms with E-state index in [-0.39, 0.29) is 18.3 Å². The lowest BCUT2D eigenvalue weighted by Gasteiger charge is -2.21. The number of aliphatic hydroxyl groups excluding tert-OH is 1. The first-order chi connectivity index (χ1) is 11.7. The molecule has 1 aliphatic heterocycles. The summed E-state index contributed by atoms with van der Waals surface area (Å²) in [4.78, 5) is 0. The number of aliphatic hydroxyl groups is 1. The summed E-state index contributed by atoms with van der Waals surface area (Å²) >= 11 is 0. The second-order valence-corrected chi connectivity index (χ2v) is 6.13. The van der Waals surface area contributed by atoms with Crippen molar-refractivity contribution in [1.82, 2.24) is 0 Å². The van der Waals surface area contributed by atoms with Gasteiger partial charge in [0, 0.05) is 0 Å². The van der Waals surface area contributed by atoms with Crippen molar-refractivity contribution in [3.63, 3.8) is 0 Å². The Hall–Kier alpha value is -1.72. The van der Waals surface area contributed by atoms with E-state index >= 15 is 0 Å². The molecule has 1 fully saturated rings. The summed E-state index contributed by atoms with van der Waals surface area (Å²) in [6, 6.07) is 19.9. The van der Waals surface area contributed by atoms with Crippen LogP contribution >= 0.6 is 0 Å². The van der Waals surface area contributed by atoms with Crippen LogP contribution in [0.15, 0.2) is 60.7 Å². The Kier molecular flexibility index (Phi) is 5.99. The molecule has 0 radical (unpaired) electrons. The SMILES string of the molecule is C[C@H]1O[C@H](COCc2ccccc2)[C@@H](OCc2ccccc2)[C@H]1O. The third kappa shape index (κ3) is 4.42. The standard InChI is InChI=1S/C20H24O4/c1-15-19(21)20(23-13-17-10-6-3-7-11-17)18(24-15)14-22-12-16-8-4-2-5-9-16/h2-11,15,18-21H,12-14H2,1H3/t15-,18-,19+,20-/m1/s1. The van der Waals surface area contributed by atoms with Gasteiger partial charge in [-0.05, 0) is 18.1 Å². The van der Waals surface area contributed by atoms with Crippen LogP contribution < -0.4 is 0 Å². The lowest BCUT2D eigenvalue weighted by molar-refractivity contribution is -0.0761. The molecule has 2 aromatic rings. The molecule has 128 valence electrons. The molecule has 0 spiro atoms. The van der Waals surface area contributed by atoms with Crippen molar-refractivity contribution < 1.29 is 19.3 Å². The van der Waals surface area contributed by atoms with Gasteiger partial charge in [-0.15, -0.1) is 0 Å². The molecule has 0 amide bonds. The number of ether oxygens (including phenoxy) is 3. The summed E-state index contributed by atoms with van der Waals surface area (Å²) in [6.07, 6.45) is -1.53. The van der Waals surface area contributed by atoms with Crippen molar-refractivity contribution in [2.24, 2.45) is 0 Å². The molecule has 1 heterocycles. The normalized spacial score (nSPS) is 26.6. The molecule has 24 heavy (non-hydrogen) atoms. The maximum atomic E-state index is 10.3. The molecule has 1 saturated heterocycles. The quantitative estimate of drug-likeness (QED) is 0.849. The van der Waals surface area contributed by atoms with Gasteiger partial charge in [0.2, 0.25) is 0 Å². The Morgan fingerprint density at radius 3 is 2.12 bits per heavy atom. The van der Waals surface area contributed by atoms with Gasteiger partial charge < -0.3 is 19.3 Å². The van der Waals surface area contributed by atoms with Crippen molar-refractivity contribution >= 4 is 0 Å². The second-order valence-electron chi connectivity index (χ2n) is 6.13. The topological polar surface area (TPSA) is 47.9 Å². The molecule has 0 unspecified atom stereocenters. The molecular formula is C20H24O4. The number of hydrogen-bond donors (Lipinski definition) is 1. The van der Waals surface area contributed by atoms with Crippen molar-refractivity contribution in [3.8, 4) is 0 Å². The Bertz CT molecular complexity index is 602. The van der Waals surface area contributed by atoms with Crippen LogP contribution in [-0.4, -0.2) is 36.1 Å². The van der Waals surface area contributed by atoms with Crippen molar-refractivity contribution in [3.05, 3.63) is 71.8 Å². The van der Waals surface area contributed by atoms with E-state index in [1.807, 2.05) is 67.6 Å². The van der Waals surface area contributed by atoms with Gasteiger partial charge in [-0.3, -0.25) is 0 Å². The highest BCUT2D eigenvalue weighted by Gasteiger charge is 2.42. The number of benzene rings is 2. The van der Waals surface area contributed by atoms with E-state index in [4.69, 9.17) is 14.2 Å². The lowest BCUT2D eigenvalue weighted by atomic mass is 10.1. The van der Waals surface area contributed by atoms with Crippen LogP contribution in [0.1, 0.15) is 18.1 Å². The highest BCUT2D eigenvalue weighted by atomic mass is 16.6. The van der Waals surface area contributed by atoms with Gasteiger partial charge in [-0.25, -0.2) is 0 Å². The Morgan fingerprint density at radius 1 is 0.917 bits per heavy atom. The van der Waals surface area contributed by atoms with E-state index in [0.29, 0.717) is 19.8 Å². The van der Waals surface area contributed by atoms with Gasteiger partial charge in [0.25, 0.3) is 0 Å². The zero-order valence-electron chi connectivity index (χ0n) is 13.9. The summed E-state index contributed by atoms with van der Waals surface area (Å²) in [6.45, 7) is 3.24. The Morgan fingerprint density at radius 2 is 1.50 bits per heavy atom. The minimum atomic E-state index is -0.640. The summed E-state index contributed by atoms with van der Waals surface area (Å²) in [7, 11) is 0. The molecule has 0 aliphatic carbocycles. The number of hydrogen-bond acceptors (Lipinski definition) is 4. The molecule has 4 heteroatoms. The largest absolute Gasteiger partial charge is 0.388 e. The minimum Gasteiger partial charge on any atom is -0.388 e. The van der Waals surface area contributed by atoms with Crippen molar-refractivity contribution in [2.45, 2.75) is 44.6 Å². The Balaban J connectivity index is 1.52. The van der Waals surface area contributed by atoms with Gasteiger partial charge in [0.05, 0.1) is 25.9 Å². The van der Waals surface area contributed by atoms with E-state index in [2.05, 4.69) is 0 Å². The second kappa shape index (κ2) is 8.40. The lowest BCUT2D eigenvalue weighted by Crippen LogP contribution is -2.36. The summed E-state index contributed by atoms with van der Waals surface area (Å²) < 4.78 is 17.5. The van der Waals surface area contributed by atoms with Crippen molar-refractivity contribution in [2.75, 3.05) is 6.61 Å². The molecular weight excluding hydrogens is 304 g/mol. The summed E-state index contributed by atoms with van der Waals surface area (Å²) in [5, 5.41) is 10.3. The number of rotatable bonds is 7. The summed E-state index contributed by atoms with van der Waals surface area (Å²) in [5.74, 6) is 0. The molecule has 0 aromatic heterocycles. The first kappa shape index (κ1) is 17.1. The zero-order chi connectivity index (χ0) is 16.8. The average Bonchev–Trinajstić information content (AvgIpc) is 2.89. The van der Waals surface area contributed by atoms with Crippen LogP contribution in [0.25, 0.3) is 0 Å². The highest BCUT2D eigenvalue weighted by Crippen LogP contribution is 2.25. The van der Waals surface area contributed by atoms with Gasteiger partial charge in [-0.1, -0.05) is 60.7 Å². The van der Waals surface area contributed by atoms with Crippen LogP contribution in [0.5, 0.6) is 0 Å². The van der Waals surface area contributed by atoms with Gasteiger partial charge in [-0.2, -0.15) is 0 Å². The van der Waals surface area contributed by atoms with Gasteiger partial charge >= 0.3 is 0 Å². The minimum absolute atomic E-state index is 0.254. The maximum absolute atomic E-state index is 10.3. The smallest absolute Gasteiger partial charge is 0.115 e. The van der Waals surface area contributed by atoms with Crippen LogP contribution in [-0.2, 0) is 27.4 Å². The maximum Gasteiger partial charge on any atom is 0.115 e. The predicted octanol–water partition coefficient (Wildman–Crippen LogP) is 2.94. The van der Waals surface area contributed by atoms with Crippen LogP contribution in [0.3, 0.4) is 0 Å².